The molecule has 0 aromatic heterocycles. The third-order valence-electron chi connectivity index (χ3n) is 4.06. The van der Waals surface area contributed by atoms with Gasteiger partial charge in [-0.3, -0.25) is 0 Å². The molecule has 2 fully saturated rings. The van der Waals surface area contributed by atoms with Crippen molar-refractivity contribution in [3.63, 3.8) is 0 Å². The van der Waals surface area contributed by atoms with Crippen LogP contribution in [0.25, 0.3) is 0 Å². The molecule has 2 aliphatic heterocycles. The van der Waals surface area contributed by atoms with Gasteiger partial charge in [-0.05, 0) is 43.9 Å². The van der Waals surface area contributed by atoms with Gasteiger partial charge in [-0.15, -0.1) is 0 Å². The quantitative estimate of drug-likeness (QED) is 0.755. The third kappa shape index (κ3) is 2.29. The van der Waals surface area contributed by atoms with Gasteiger partial charge in [0.25, 0.3) is 0 Å². The van der Waals surface area contributed by atoms with Crippen LogP contribution in [0, 0.1) is 11.6 Å². The second-order valence-electron chi connectivity index (χ2n) is 5.36. The van der Waals surface area contributed by atoms with Crippen LogP contribution < -0.4 is 0 Å². The number of rotatable bonds is 2. The highest BCUT2D eigenvalue weighted by molar-refractivity contribution is 9.09. The van der Waals surface area contributed by atoms with Crippen LogP contribution in [0.4, 0.5) is 8.78 Å². The van der Waals surface area contributed by atoms with Crippen molar-refractivity contribution >= 4 is 26.0 Å². The number of nitrogens with zero attached hydrogens (tertiary/aromatic N) is 1. The molecule has 20 heavy (non-hydrogen) atoms. The van der Waals surface area contributed by atoms with E-state index < -0.39 is 26.6 Å². The van der Waals surface area contributed by atoms with Crippen molar-refractivity contribution < 1.29 is 17.2 Å². The van der Waals surface area contributed by atoms with E-state index >= 15 is 0 Å². The minimum absolute atomic E-state index is 0.120. The van der Waals surface area contributed by atoms with Crippen molar-refractivity contribution in [2.75, 3.05) is 0 Å². The molecule has 7 heteroatoms. The Kier molecular flexibility index (Phi) is 3.63. The summed E-state index contributed by atoms with van der Waals surface area (Å²) in [5.41, 5.74) is 0. The van der Waals surface area contributed by atoms with Gasteiger partial charge < -0.3 is 0 Å². The fourth-order valence-electron chi connectivity index (χ4n) is 3.25. The second kappa shape index (κ2) is 5.03. The maximum absolute atomic E-state index is 13.8. The maximum Gasteiger partial charge on any atom is 0.246 e. The molecule has 2 heterocycles. The number of fused-ring (bicyclic) bond motifs is 2. The van der Waals surface area contributed by atoms with Crippen LogP contribution in [0.15, 0.2) is 23.1 Å². The summed E-state index contributed by atoms with van der Waals surface area (Å²) >= 11 is 3.53. The van der Waals surface area contributed by atoms with Crippen LogP contribution in [0.1, 0.15) is 25.7 Å². The van der Waals surface area contributed by atoms with E-state index in [0.29, 0.717) is 17.7 Å². The fourth-order valence-corrected chi connectivity index (χ4v) is 6.08. The summed E-state index contributed by atoms with van der Waals surface area (Å²) in [4.78, 5) is -0.258. The Balaban J connectivity index is 2.03. The molecule has 2 bridgehead atoms. The molecule has 110 valence electrons. The molecule has 0 amide bonds. The highest BCUT2D eigenvalue weighted by Crippen LogP contribution is 2.42. The molecule has 0 spiro atoms. The molecule has 1 aromatic carbocycles. The van der Waals surface area contributed by atoms with Crippen LogP contribution in [-0.2, 0) is 10.0 Å². The van der Waals surface area contributed by atoms with Gasteiger partial charge in [0.1, 0.15) is 16.5 Å². The van der Waals surface area contributed by atoms with E-state index in [1.165, 1.54) is 4.31 Å². The van der Waals surface area contributed by atoms with E-state index in [4.69, 9.17) is 0 Å². The minimum Gasteiger partial charge on any atom is -0.207 e. The van der Waals surface area contributed by atoms with Crippen molar-refractivity contribution in [3.8, 4) is 0 Å². The van der Waals surface area contributed by atoms with Gasteiger partial charge in [0.05, 0.1) is 0 Å². The largest absolute Gasteiger partial charge is 0.246 e. The number of sulfonamides is 1. The average Bonchev–Trinajstić information content (AvgIpc) is 2.66. The normalized spacial score (nSPS) is 30.6. The molecule has 0 radical (unpaired) electrons. The topological polar surface area (TPSA) is 37.4 Å². The van der Waals surface area contributed by atoms with Crippen LogP contribution >= 0.6 is 15.9 Å². The lowest BCUT2D eigenvalue weighted by Gasteiger charge is -2.36. The van der Waals surface area contributed by atoms with E-state index in [9.17, 15) is 17.2 Å². The summed E-state index contributed by atoms with van der Waals surface area (Å²) in [6.45, 7) is 0. The van der Waals surface area contributed by atoms with Crippen LogP contribution in [-0.4, -0.2) is 29.6 Å². The molecular formula is C13H14BrF2NO2S. The van der Waals surface area contributed by atoms with E-state index in [1.54, 1.807) is 0 Å². The number of hydrogen-bond donors (Lipinski definition) is 0. The van der Waals surface area contributed by atoms with Crippen LogP contribution in [0.3, 0.4) is 0 Å². The Morgan fingerprint density at radius 1 is 1.15 bits per heavy atom. The number of piperidine rings is 1. The Hall–Kier alpha value is -0.530. The molecule has 2 aliphatic rings. The molecule has 2 atom stereocenters. The number of alkyl halides is 1. The lowest BCUT2D eigenvalue weighted by Crippen LogP contribution is -2.46. The lowest BCUT2D eigenvalue weighted by molar-refractivity contribution is 0.254. The molecule has 1 aromatic rings. The molecule has 3 nitrogen and oxygen atoms in total. The van der Waals surface area contributed by atoms with Gasteiger partial charge in [-0.2, -0.15) is 4.31 Å². The van der Waals surface area contributed by atoms with Gasteiger partial charge in [0, 0.05) is 16.9 Å². The van der Waals surface area contributed by atoms with Gasteiger partial charge in [0.2, 0.25) is 10.0 Å². The Labute approximate surface area is 125 Å². The maximum atomic E-state index is 13.8. The Bertz CT molecular complexity index is 623. The van der Waals surface area contributed by atoms with Crippen LogP contribution in [0.5, 0.6) is 0 Å². The molecule has 0 N–H and O–H groups in total. The zero-order valence-electron chi connectivity index (χ0n) is 10.6. The van der Waals surface area contributed by atoms with Crippen molar-refractivity contribution in [2.45, 2.75) is 47.5 Å². The van der Waals surface area contributed by atoms with Crippen molar-refractivity contribution in [3.05, 3.63) is 29.8 Å². The smallest absolute Gasteiger partial charge is 0.207 e. The fraction of sp³-hybridized carbons (Fsp3) is 0.538. The van der Waals surface area contributed by atoms with Crippen molar-refractivity contribution in [1.82, 2.24) is 4.31 Å². The van der Waals surface area contributed by atoms with Gasteiger partial charge in [-0.25, -0.2) is 17.2 Å². The predicted molar refractivity (Wildman–Crippen MR) is 74.1 cm³/mol. The summed E-state index contributed by atoms with van der Waals surface area (Å²) in [5.74, 6) is -1.64. The Morgan fingerprint density at radius 2 is 1.75 bits per heavy atom. The standard InChI is InChI=1S/C13H14BrF2NO2S/c14-8-5-10-2-3-11(6-8)17(10)20(18,19)13-7-9(15)1-4-12(13)16/h1,4,7-8,10-11H,2-3,5-6H2. The van der Waals surface area contributed by atoms with Gasteiger partial charge >= 0.3 is 0 Å². The zero-order chi connectivity index (χ0) is 14.5. The third-order valence-corrected chi connectivity index (χ3v) is 6.82. The minimum atomic E-state index is -3.98. The van der Waals surface area contributed by atoms with E-state index in [-0.39, 0.29) is 12.1 Å². The zero-order valence-corrected chi connectivity index (χ0v) is 13.0. The summed E-state index contributed by atoms with van der Waals surface area (Å²) in [6, 6.07) is 2.32. The number of halogens is 3. The highest BCUT2D eigenvalue weighted by atomic mass is 79.9. The van der Waals surface area contributed by atoms with Gasteiger partial charge in [0.15, 0.2) is 0 Å². The molecular weight excluding hydrogens is 352 g/mol. The molecule has 0 aliphatic carbocycles. The predicted octanol–water partition coefficient (Wildman–Crippen LogP) is 3.04. The molecule has 0 saturated carbocycles. The number of hydrogen-bond acceptors (Lipinski definition) is 2. The SMILES string of the molecule is O=S(=O)(c1cc(F)ccc1F)N1C2CCC1CC(Br)C2. The monoisotopic (exact) mass is 365 g/mol. The Morgan fingerprint density at radius 3 is 2.35 bits per heavy atom. The molecule has 2 saturated heterocycles. The first kappa shape index (κ1) is 14.4. The van der Waals surface area contributed by atoms with Crippen molar-refractivity contribution in [2.24, 2.45) is 0 Å². The van der Waals surface area contributed by atoms with E-state index in [0.717, 1.165) is 31.0 Å². The van der Waals surface area contributed by atoms with E-state index in [1.807, 2.05) is 0 Å². The first-order valence-corrected chi connectivity index (χ1v) is 8.88. The van der Waals surface area contributed by atoms with Crippen molar-refractivity contribution in [1.29, 1.82) is 0 Å². The van der Waals surface area contributed by atoms with E-state index in [2.05, 4.69) is 15.9 Å². The van der Waals surface area contributed by atoms with Crippen LogP contribution in [0.2, 0.25) is 0 Å². The average molecular weight is 366 g/mol. The summed E-state index contributed by atoms with van der Waals surface area (Å²) in [6.07, 6.45) is 2.99. The summed E-state index contributed by atoms with van der Waals surface area (Å²) in [5, 5.41) is 0. The first-order valence-electron chi connectivity index (χ1n) is 6.52. The second-order valence-corrected chi connectivity index (χ2v) is 8.47. The number of benzene rings is 1. The highest BCUT2D eigenvalue weighted by Gasteiger charge is 2.47. The molecule has 3 rings (SSSR count). The van der Waals surface area contributed by atoms with Gasteiger partial charge in [-0.1, -0.05) is 15.9 Å². The summed E-state index contributed by atoms with van der Waals surface area (Å²) < 4.78 is 53.7. The first-order chi connectivity index (χ1) is 9.39. The lowest BCUT2D eigenvalue weighted by atomic mass is 10.1. The summed E-state index contributed by atoms with van der Waals surface area (Å²) in [7, 11) is -3.98. The molecule has 2 unspecified atom stereocenters.